The van der Waals surface area contributed by atoms with Crippen molar-refractivity contribution in [2.45, 2.75) is 20.4 Å². The van der Waals surface area contributed by atoms with Crippen molar-refractivity contribution in [3.8, 4) is 11.3 Å². The standard InChI is InChI=1S/C25H27N5O2/c1-17-5-6-20(15-18(17)2)22-16-23-25(32)29(13-14-30(23)27-22)12-11-26-24(31)19-7-9-21(10-8-19)28(3)4/h5-10,13-16H,11-12H2,1-4H3,(H,26,31). The van der Waals surface area contributed by atoms with Crippen LogP contribution in [0.15, 0.2) is 65.7 Å². The molecule has 0 aliphatic heterocycles. The molecule has 0 aliphatic rings. The van der Waals surface area contributed by atoms with Crippen LogP contribution in [0.3, 0.4) is 0 Å². The molecule has 7 heteroatoms. The van der Waals surface area contributed by atoms with Crippen molar-refractivity contribution < 1.29 is 4.79 Å². The summed E-state index contributed by atoms with van der Waals surface area (Å²) in [6.07, 6.45) is 3.47. The number of aromatic nitrogens is 3. The van der Waals surface area contributed by atoms with Gasteiger partial charge in [-0.2, -0.15) is 5.10 Å². The molecule has 164 valence electrons. The smallest absolute Gasteiger partial charge is 0.276 e. The molecule has 1 N–H and O–H groups in total. The van der Waals surface area contributed by atoms with E-state index in [1.807, 2.05) is 43.3 Å². The number of hydrogen-bond acceptors (Lipinski definition) is 4. The normalized spacial score (nSPS) is 11.0. The van der Waals surface area contributed by atoms with Crippen molar-refractivity contribution in [3.63, 3.8) is 0 Å². The summed E-state index contributed by atoms with van der Waals surface area (Å²) in [4.78, 5) is 27.3. The first-order valence-electron chi connectivity index (χ1n) is 10.6. The fourth-order valence-electron chi connectivity index (χ4n) is 3.55. The number of carbonyl (C=O) groups excluding carboxylic acids is 1. The second kappa shape index (κ2) is 8.70. The fraction of sp³-hybridized carbons (Fsp3) is 0.240. The summed E-state index contributed by atoms with van der Waals surface area (Å²) < 4.78 is 3.20. The molecule has 0 spiro atoms. The number of anilines is 1. The van der Waals surface area contributed by atoms with Crippen LogP contribution in [-0.2, 0) is 6.54 Å². The molecule has 0 radical (unpaired) electrons. The van der Waals surface area contributed by atoms with E-state index in [0.29, 0.717) is 24.2 Å². The minimum absolute atomic E-state index is 0.139. The van der Waals surface area contributed by atoms with Crippen LogP contribution in [0.2, 0.25) is 0 Å². The van der Waals surface area contributed by atoms with Crippen molar-refractivity contribution in [1.29, 1.82) is 0 Å². The summed E-state index contributed by atoms with van der Waals surface area (Å²) in [5.74, 6) is -0.161. The van der Waals surface area contributed by atoms with E-state index in [-0.39, 0.29) is 11.5 Å². The van der Waals surface area contributed by atoms with E-state index < -0.39 is 0 Å². The Labute approximate surface area is 186 Å². The van der Waals surface area contributed by atoms with Gasteiger partial charge in [0, 0.05) is 56.4 Å². The SMILES string of the molecule is Cc1ccc(-c2cc3c(=O)n(CCNC(=O)c4ccc(N(C)C)cc4)ccn3n2)cc1C. The third-order valence-corrected chi connectivity index (χ3v) is 5.69. The molecule has 0 atom stereocenters. The van der Waals surface area contributed by atoms with E-state index in [4.69, 9.17) is 0 Å². The molecule has 32 heavy (non-hydrogen) atoms. The van der Waals surface area contributed by atoms with Gasteiger partial charge < -0.3 is 14.8 Å². The lowest BCUT2D eigenvalue weighted by Gasteiger charge is -2.12. The number of carbonyl (C=O) groups is 1. The molecule has 0 aliphatic carbocycles. The third-order valence-electron chi connectivity index (χ3n) is 5.69. The number of fused-ring (bicyclic) bond motifs is 1. The van der Waals surface area contributed by atoms with E-state index in [2.05, 4.69) is 36.4 Å². The Bertz CT molecular complexity index is 1330. The molecule has 0 fully saturated rings. The first kappa shape index (κ1) is 21.4. The van der Waals surface area contributed by atoms with Crippen LogP contribution in [0.4, 0.5) is 5.69 Å². The van der Waals surface area contributed by atoms with Gasteiger partial charge in [0.15, 0.2) is 0 Å². The van der Waals surface area contributed by atoms with E-state index in [1.54, 1.807) is 33.6 Å². The average Bonchev–Trinajstić information content (AvgIpc) is 3.22. The third kappa shape index (κ3) is 4.27. The number of hydrogen-bond donors (Lipinski definition) is 1. The number of nitrogens with one attached hydrogen (secondary N) is 1. The van der Waals surface area contributed by atoms with E-state index in [1.165, 1.54) is 11.1 Å². The topological polar surface area (TPSA) is 71.6 Å². The highest BCUT2D eigenvalue weighted by Crippen LogP contribution is 2.21. The van der Waals surface area contributed by atoms with Gasteiger partial charge in [-0.3, -0.25) is 9.59 Å². The van der Waals surface area contributed by atoms with Crippen LogP contribution < -0.4 is 15.8 Å². The maximum Gasteiger partial charge on any atom is 0.276 e. The molecular weight excluding hydrogens is 402 g/mol. The Morgan fingerprint density at radius 1 is 1.00 bits per heavy atom. The van der Waals surface area contributed by atoms with E-state index in [9.17, 15) is 9.59 Å². The van der Waals surface area contributed by atoms with Gasteiger partial charge in [0.1, 0.15) is 5.52 Å². The average molecular weight is 430 g/mol. The highest BCUT2D eigenvalue weighted by molar-refractivity contribution is 5.94. The van der Waals surface area contributed by atoms with Crippen molar-refractivity contribution in [2.24, 2.45) is 0 Å². The highest BCUT2D eigenvalue weighted by Gasteiger charge is 2.11. The van der Waals surface area contributed by atoms with Crippen LogP contribution >= 0.6 is 0 Å². The lowest BCUT2D eigenvalue weighted by Crippen LogP contribution is -2.31. The van der Waals surface area contributed by atoms with Gasteiger partial charge in [-0.05, 0) is 61.4 Å². The number of amides is 1. The Morgan fingerprint density at radius 3 is 2.44 bits per heavy atom. The van der Waals surface area contributed by atoms with Crippen LogP contribution in [0.1, 0.15) is 21.5 Å². The maximum absolute atomic E-state index is 12.9. The first-order chi connectivity index (χ1) is 15.3. The molecular formula is C25H27N5O2. The Hall–Kier alpha value is -3.87. The van der Waals surface area contributed by atoms with E-state index in [0.717, 1.165) is 16.9 Å². The Kier molecular flexibility index (Phi) is 5.81. The molecule has 0 unspecified atom stereocenters. The van der Waals surface area contributed by atoms with Crippen LogP contribution in [0.25, 0.3) is 16.8 Å². The molecule has 4 rings (SSSR count). The van der Waals surface area contributed by atoms with Crippen molar-refractivity contribution >= 4 is 17.1 Å². The largest absolute Gasteiger partial charge is 0.378 e. The number of rotatable bonds is 6. The second-order valence-corrected chi connectivity index (χ2v) is 8.15. The minimum atomic E-state index is -0.161. The summed E-state index contributed by atoms with van der Waals surface area (Å²) in [7, 11) is 3.91. The fourth-order valence-corrected chi connectivity index (χ4v) is 3.55. The minimum Gasteiger partial charge on any atom is -0.378 e. The van der Waals surface area contributed by atoms with Gasteiger partial charge in [-0.1, -0.05) is 12.1 Å². The molecule has 1 amide bonds. The van der Waals surface area contributed by atoms with Crippen LogP contribution in [0, 0.1) is 13.8 Å². The van der Waals surface area contributed by atoms with Gasteiger partial charge in [0.05, 0.1) is 5.69 Å². The molecule has 2 aromatic heterocycles. The summed E-state index contributed by atoms with van der Waals surface area (Å²) >= 11 is 0. The monoisotopic (exact) mass is 429 g/mol. The van der Waals surface area contributed by atoms with Gasteiger partial charge in [0.2, 0.25) is 0 Å². The molecule has 0 bridgehead atoms. The number of benzene rings is 2. The summed E-state index contributed by atoms with van der Waals surface area (Å²) in [5.41, 5.74) is 6.13. The molecule has 2 aromatic carbocycles. The first-order valence-corrected chi connectivity index (χ1v) is 10.6. The second-order valence-electron chi connectivity index (χ2n) is 8.15. The summed E-state index contributed by atoms with van der Waals surface area (Å²) in [6, 6.07) is 15.4. The number of nitrogens with zero attached hydrogens (tertiary/aromatic N) is 4. The lowest BCUT2D eigenvalue weighted by atomic mass is 10.0. The maximum atomic E-state index is 12.9. The molecule has 7 nitrogen and oxygen atoms in total. The predicted molar refractivity (Wildman–Crippen MR) is 127 cm³/mol. The number of aryl methyl sites for hydroxylation is 2. The molecule has 0 saturated heterocycles. The van der Waals surface area contributed by atoms with Crippen LogP contribution in [0.5, 0.6) is 0 Å². The van der Waals surface area contributed by atoms with Crippen LogP contribution in [-0.4, -0.2) is 40.7 Å². The quantitative estimate of drug-likeness (QED) is 0.511. The zero-order valence-corrected chi connectivity index (χ0v) is 18.8. The van der Waals surface area contributed by atoms with Crippen molar-refractivity contribution in [2.75, 3.05) is 25.5 Å². The van der Waals surface area contributed by atoms with Gasteiger partial charge in [-0.25, -0.2) is 4.52 Å². The van der Waals surface area contributed by atoms with Gasteiger partial charge >= 0.3 is 0 Å². The lowest BCUT2D eigenvalue weighted by molar-refractivity contribution is 0.0952. The van der Waals surface area contributed by atoms with Gasteiger partial charge in [0.25, 0.3) is 11.5 Å². The molecule has 4 aromatic rings. The zero-order chi connectivity index (χ0) is 22.8. The molecule has 0 saturated carbocycles. The highest BCUT2D eigenvalue weighted by atomic mass is 16.1. The zero-order valence-electron chi connectivity index (χ0n) is 18.8. The van der Waals surface area contributed by atoms with Crippen molar-refractivity contribution in [1.82, 2.24) is 19.5 Å². The summed E-state index contributed by atoms with van der Waals surface area (Å²) in [5, 5.41) is 7.43. The summed E-state index contributed by atoms with van der Waals surface area (Å²) in [6.45, 7) is 4.86. The Balaban J connectivity index is 1.46. The van der Waals surface area contributed by atoms with Gasteiger partial charge in [-0.15, -0.1) is 0 Å². The van der Waals surface area contributed by atoms with Crippen molar-refractivity contribution in [3.05, 3.63) is 88.0 Å². The molecule has 2 heterocycles. The van der Waals surface area contributed by atoms with E-state index >= 15 is 0 Å². The Morgan fingerprint density at radius 2 is 1.75 bits per heavy atom. The predicted octanol–water partition coefficient (Wildman–Crippen LogP) is 3.28.